The number of nitro groups is 1. The third-order valence-corrected chi connectivity index (χ3v) is 5.41. The summed E-state index contributed by atoms with van der Waals surface area (Å²) in [6, 6.07) is 19.8. The zero-order valence-electron chi connectivity index (χ0n) is 18.8. The average Bonchev–Trinajstić information content (AvgIpc) is 3.41. The van der Waals surface area contributed by atoms with Crippen molar-refractivity contribution in [2.24, 2.45) is 7.05 Å². The highest BCUT2D eigenvalue weighted by Crippen LogP contribution is 2.26. The molecule has 0 unspecified atom stereocenters. The van der Waals surface area contributed by atoms with Gasteiger partial charge in [-0.05, 0) is 31.2 Å². The van der Waals surface area contributed by atoms with Crippen molar-refractivity contribution < 1.29 is 14.1 Å². The molecule has 1 amide bonds. The van der Waals surface area contributed by atoms with Crippen molar-refractivity contribution in [3.8, 4) is 23.1 Å². The summed E-state index contributed by atoms with van der Waals surface area (Å²) in [6.45, 7) is 1.68. The van der Waals surface area contributed by atoms with Crippen LogP contribution in [0.2, 0.25) is 0 Å². The summed E-state index contributed by atoms with van der Waals surface area (Å²) < 4.78 is 8.69. The van der Waals surface area contributed by atoms with E-state index in [0.717, 1.165) is 0 Å². The van der Waals surface area contributed by atoms with E-state index in [9.17, 15) is 25.0 Å². The normalized spacial score (nSPS) is 11.2. The van der Waals surface area contributed by atoms with Gasteiger partial charge in [-0.25, -0.2) is 4.68 Å². The predicted molar refractivity (Wildman–Crippen MR) is 129 cm³/mol. The molecule has 1 N–H and O–H groups in total. The number of nitro benzene ring substituents is 1. The predicted octanol–water partition coefficient (Wildman–Crippen LogP) is 4.20. The third kappa shape index (κ3) is 4.51. The molecule has 0 atom stereocenters. The molecule has 0 radical (unpaired) electrons. The van der Waals surface area contributed by atoms with Gasteiger partial charge < -0.3 is 9.73 Å². The number of hydrogen-bond acceptors (Lipinski definition) is 6. The molecule has 0 fully saturated rings. The van der Waals surface area contributed by atoms with E-state index in [1.165, 1.54) is 35.0 Å². The molecule has 4 aromatic rings. The number of benzene rings is 2. The van der Waals surface area contributed by atoms with Gasteiger partial charge in [0.1, 0.15) is 28.9 Å². The van der Waals surface area contributed by atoms with Gasteiger partial charge in [-0.15, -0.1) is 0 Å². The maximum Gasteiger partial charge on any atom is 0.295 e. The van der Waals surface area contributed by atoms with Gasteiger partial charge in [0.25, 0.3) is 17.2 Å². The number of anilines is 1. The Morgan fingerprint density at radius 2 is 1.89 bits per heavy atom. The number of furan rings is 1. The van der Waals surface area contributed by atoms with Crippen molar-refractivity contribution in [3.63, 3.8) is 0 Å². The first-order valence-corrected chi connectivity index (χ1v) is 10.4. The minimum atomic E-state index is -0.771. The molecular formula is C25H19N5O5. The molecule has 0 saturated carbocycles. The number of carbonyl (C=O) groups excluding carboxylic acids is 1. The number of rotatable bonds is 6. The number of amides is 1. The minimum absolute atomic E-state index is 0.0548. The van der Waals surface area contributed by atoms with E-state index in [4.69, 9.17) is 4.42 Å². The number of aromatic nitrogens is 2. The average molecular weight is 469 g/mol. The fourth-order valence-electron chi connectivity index (χ4n) is 3.54. The highest BCUT2D eigenvalue weighted by Gasteiger charge is 2.20. The quantitative estimate of drug-likeness (QED) is 0.195. The Balaban J connectivity index is 1.61. The highest BCUT2D eigenvalue weighted by atomic mass is 16.6. The molecule has 174 valence electrons. The molecule has 4 rings (SSSR count). The van der Waals surface area contributed by atoms with E-state index < -0.39 is 16.4 Å². The van der Waals surface area contributed by atoms with Crippen LogP contribution in [0, 0.1) is 28.4 Å². The van der Waals surface area contributed by atoms with Crippen LogP contribution in [0.15, 0.2) is 81.5 Å². The number of non-ortho nitro benzene ring substituents is 1. The summed E-state index contributed by atoms with van der Waals surface area (Å²) in [5.74, 6) is -0.237. The van der Waals surface area contributed by atoms with Crippen molar-refractivity contribution in [1.29, 1.82) is 5.26 Å². The van der Waals surface area contributed by atoms with Gasteiger partial charge in [-0.1, -0.05) is 30.3 Å². The first-order chi connectivity index (χ1) is 16.8. The second-order valence-corrected chi connectivity index (χ2v) is 7.57. The lowest BCUT2D eigenvalue weighted by Crippen LogP contribution is -2.23. The molecule has 2 heterocycles. The molecule has 0 aliphatic rings. The van der Waals surface area contributed by atoms with Crippen LogP contribution in [0.3, 0.4) is 0 Å². The van der Waals surface area contributed by atoms with Gasteiger partial charge in [0, 0.05) is 30.8 Å². The van der Waals surface area contributed by atoms with Crippen LogP contribution in [0.5, 0.6) is 0 Å². The van der Waals surface area contributed by atoms with Crippen LogP contribution < -0.4 is 10.9 Å². The van der Waals surface area contributed by atoms with Crippen molar-refractivity contribution in [1.82, 2.24) is 9.36 Å². The molecule has 0 bridgehead atoms. The lowest BCUT2D eigenvalue weighted by Gasteiger charge is -2.07. The van der Waals surface area contributed by atoms with Crippen molar-refractivity contribution in [2.75, 3.05) is 5.32 Å². The molecule has 0 aliphatic heterocycles. The standard InChI is InChI=1S/C25H19N5O5/c1-16-23(25(32)29(28(16)2)19-8-4-3-5-9-19)27-24(31)18(15-26)14-21-11-12-22(35-21)17-7-6-10-20(13-17)30(33)34/h3-14H,1-2H3,(H,27,31)/b18-14+. The van der Waals surface area contributed by atoms with Crippen LogP contribution >= 0.6 is 0 Å². The Labute approximate surface area is 199 Å². The second kappa shape index (κ2) is 9.36. The maximum absolute atomic E-state index is 13.0. The maximum atomic E-state index is 13.0. The number of hydrogen-bond donors (Lipinski definition) is 1. The summed E-state index contributed by atoms with van der Waals surface area (Å²) in [7, 11) is 1.69. The SMILES string of the molecule is Cc1c(NC(=O)/C(C#N)=C/c2ccc(-c3cccc([N+](=O)[O-])c3)o2)c(=O)n(-c2ccccc2)n1C. The molecule has 0 saturated heterocycles. The number of nitrogens with one attached hydrogen (secondary N) is 1. The molecule has 2 aromatic carbocycles. The molecule has 35 heavy (non-hydrogen) atoms. The van der Waals surface area contributed by atoms with E-state index in [0.29, 0.717) is 22.7 Å². The lowest BCUT2D eigenvalue weighted by molar-refractivity contribution is -0.384. The van der Waals surface area contributed by atoms with Crippen LogP contribution in [0.1, 0.15) is 11.5 Å². The van der Waals surface area contributed by atoms with Gasteiger partial charge in [0.15, 0.2) is 0 Å². The van der Waals surface area contributed by atoms with Crippen molar-refractivity contribution in [3.05, 3.63) is 104 Å². The van der Waals surface area contributed by atoms with Crippen LogP contribution in [-0.4, -0.2) is 20.2 Å². The Hall–Kier alpha value is -5.17. The minimum Gasteiger partial charge on any atom is -0.457 e. The number of nitriles is 1. The number of para-hydroxylation sites is 1. The lowest BCUT2D eigenvalue weighted by atomic mass is 10.1. The van der Waals surface area contributed by atoms with Gasteiger partial charge in [-0.3, -0.25) is 24.4 Å². The van der Waals surface area contributed by atoms with Crippen LogP contribution in [0.4, 0.5) is 11.4 Å². The Morgan fingerprint density at radius 1 is 1.14 bits per heavy atom. The number of carbonyl (C=O) groups is 1. The molecule has 10 heteroatoms. The van der Waals surface area contributed by atoms with E-state index in [2.05, 4.69) is 5.32 Å². The van der Waals surface area contributed by atoms with E-state index >= 15 is 0 Å². The van der Waals surface area contributed by atoms with Crippen LogP contribution in [-0.2, 0) is 11.8 Å². The fraction of sp³-hybridized carbons (Fsp3) is 0.0800. The first-order valence-electron chi connectivity index (χ1n) is 10.4. The molecule has 10 nitrogen and oxygen atoms in total. The summed E-state index contributed by atoms with van der Waals surface area (Å²) in [6.07, 6.45) is 1.24. The van der Waals surface area contributed by atoms with E-state index in [-0.39, 0.29) is 22.7 Å². The summed E-state index contributed by atoms with van der Waals surface area (Å²) in [5.41, 5.74) is 0.862. The van der Waals surface area contributed by atoms with Gasteiger partial charge in [0.2, 0.25) is 0 Å². The summed E-state index contributed by atoms with van der Waals surface area (Å²) in [4.78, 5) is 36.3. The summed E-state index contributed by atoms with van der Waals surface area (Å²) >= 11 is 0. The Bertz CT molecular complexity index is 1570. The number of nitrogens with zero attached hydrogens (tertiary/aromatic N) is 4. The van der Waals surface area contributed by atoms with Crippen molar-refractivity contribution >= 4 is 23.4 Å². The monoisotopic (exact) mass is 469 g/mol. The van der Waals surface area contributed by atoms with E-state index in [1.54, 1.807) is 55.1 Å². The van der Waals surface area contributed by atoms with Gasteiger partial charge in [0.05, 0.1) is 16.3 Å². The Morgan fingerprint density at radius 3 is 2.57 bits per heavy atom. The summed E-state index contributed by atoms with van der Waals surface area (Å²) in [5, 5.41) is 23.1. The van der Waals surface area contributed by atoms with Gasteiger partial charge >= 0.3 is 0 Å². The molecule has 0 spiro atoms. The largest absolute Gasteiger partial charge is 0.457 e. The van der Waals surface area contributed by atoms with E-state index in [1.807, 2.05) is 12.1 Å². The zero-order valence-corrected chi connectivity index (χ0v) is 18.8. The molecule has 0 aliphatic carbocycles. The Kier molecular flexibility index (Phi) is 6.16. The topological polar surface area (TPSA) is 136 Å². The molecule has 2 aromatic heterocycles. The fourth-order valence-corrected chi connectivity index (χ4v) is 3.54. The third-order valence-electron chi connectivity index (χ3n) is 5.41. The van der Waals surface area contributed by atoms with Crippen molar-refractivity contribution in [2.45, 2.75) is 6.92 Å². The zero-order chi connectivity index (χ0) is 25.1. The molecular weight excluding hydrogens is 450 g/mol. The highest BCUT2D eigenvalue weighted by molar-refractivity contribution is 6.09. The second-order valence-electron chi connectivity index (χ2n) is 7.57. The first kappa shape index (κ1) is 23.0. The van der Waals surface area contributed by atoms with Gasteiger partial charge in [-0.2, -0.15) is 5.26 Å². The smallest absolute Gasteiger partial charge is 0.295 e. The van der Waals surface area contributed by atoms with Crippen LogP contribution in [0.25, 0.3) is 23.1 Å².